The number of hydrogen-bond donors (Lipinski definition) is 1. The van der Waals surface area contributed by atoms with Crippen molar-refractivity contribution in [3.05, 3.63) is 93.4 Å². The quantitative estimate of drug-likeness (QED) is 0.393. The maximum atomic E-state index is 6.16. The topological polar surface area (TPSA) is 49.8 Å². The second-order valence-corrected chi connectivity index (χ2v) is 10.8. The molecule has 2 aromatic carbocycles. The number of benzene rings is 2. The van der Waals surface area contributed by atoms with E-state index in [1.54, 1.807) is 0 Å². The van der Waals surface area contributed by atoms with Gasteiger partial charge < -0.3 is 15.0 Å². The number of rotatable bonds is 6. The number of piperidine rings is 1. The lowest BCUT2D eigenvalue weighted by molar-refractivity contribution is 0.301. The van der Waals surface area contributed by atoms with Crippen LogP contribution in [-0.2, 0) is 19.4 Å². The van der Waals surface area contributed by atoms with E-state index < -0.39 is 0 Å². The molecule has 5 heteroatoms. The van der Waals surface area contributed by atoms with Crippen molar-refractivity contribution in [2.24, 2.45) is 4.99 Å². The first kappa shape index (κ1) is 24.7. The minimum Gasteiger partial charge on any atom is -0.487 e. The van der Waals surface area contributed by atoms with Gasteiger partial charge in [-0.05, 0) is 111 Å². The van der Waals surface area contributed by atoms with Gasteiger partial charge in [0, 0.05) is 42.8 Å². The molecule has 1 N–H and O–H groups in total. The summed E-state index contributed by atoms with van der Waals surface area (Å²) in [4.78, 5) is 12.1. The van der Waals surface area contributed by atoms with Crippen LogP contribution < -0.4 is 15.0 Å². The van der Waals surface area contributed by atoms with E-state index >= 15 is 0 Å². The third-order valence-electron chi connectivity index (χ3n) is 8.47. The first-order valence-corrected chi connectivity index (χ1v) is 14.2. The van der Waals surface area contributed by atoms with Gasteiger partial charge >= 0.3 is 0 Å². The van der Waals surface area contributed by atoms with E-state index in [0.717, 1.165) is 56.1 Å². The number of anilines is 2. The number of pyridine rings is 1. The summed E-state index contributed by atoms with van der Waals surface area (Å²) in [6.45, 7) is 10.5. The van der Waals surface area contributed by atoms with Gasteiger partial charge in [0.1, 0.15) is 12.4 Å². The highest BCUT2D eigenvalue weighted by atomic mass is 16.5. The monoisotopic (exact) mass is 506 g/mol. The lowest BCUT2D eigenvalue weighted by atomic mass is 9.86. The molecule has 196 valence electrons. The predicted octanol–water partition coefficient (Wildman–Crippen LogP) is 6.95. The SMILES string of the molecule is CCC1=C(C2=NCCc3ccc(OCc4ccccn4)cc32)Nc2cc(N3CCCCC3)c(C)c(C)c2C1. The van der Waals surface area contributed by atoms with Crippen molar-refractivity contribution in [2.75, 3.05) is 29.9 Å². The number of hydrogen-bond acceptors (Lipinski definition) is 5. The highest BCUT2D eigenvalue weighted by Gasteiger charge is 2.28. The van der Waals surface area contributed by atoms with Gasteiger partial charge in [0.15, 0.2) is 0 Å². The van der Waals surface area contributed by atoms with Gasteiger partial charge in [0.2, 0.25) is 0 Å². The lowest BCUT2D eigenvalue weighted by Crippen LogP contribution is -2.31. The predicted molar refractivity (Wildman–Crippen MR) is 157 cm³/mol. The fourth-order valence-corrected chi connectivity index (χ4v) is 6.12. The molecule has 0 unspecified atom stereocenters. The number of nitrogens with one attached hydrogen (secondary N) is 1. The number of ether oxygens (including phenoxy) is 1. The second-order valence-electron chi connectivity index (χ2n) is 10.8. The van der Waals surface area contributed by atoms with Crippen LogP contribution in [-0.4, -0.2) is 30.3 Å². The van der Waals surface area contributed by atoms with E-state index in [-0.39, 0.29) is 0 Å². The first-order chi connectivity index (χ1) is 18.6. The lowest BCUT2D eigenvalue weighted by Gasteiger charge is -2.34. The van der Waals surface area contributed by atoms with Crippen LogP contribution in [0.2, 0.25) is 0 Å². The van der Waals surface area contributed by atoms with Crippen LogP contribution in [0.25, 0.3) is 0 Å². The Balaban J connectivity index is 1.33. The number of aliphatic imine (C=N–C) groups is 1. The number of aromatic nitrogens is 1. The number of fused-ring (bicyclic) bond motifs is 2. The molecule has 0 amide bonds. The highest BCUT2D eigenvalue weighted by Crippen LogP contribution is 2.40. The Labute approximate surface area is 226 Å². The Morgan fingerprint density at radius 2 is 1.87 bits per heavy atom. The molecular weight excluding hydrogens is 468 g/mol. The van der Waals surface area contributed by atoms with Gasteiger partial charge in [0.25, 0.3) is 0 Å². The van der Waals surface area contributed by atoms with Crippen molar-refractivity contribution >= 4 is 17.1 Å². The molecule has 0 spiro atoms. The summed E-state index contributed by atoms with van der Waals surface area (Å²) in [5.74, 6) is 0.859. The van der Waals surface area contributed by atoms with Gasteiger partial charge in [-0.3, -0.25) is 9.98 Å². The summed E-state index contributed by atoms with van der Waals surface area (Å²) in [6, 6.07) is 14.8. The molecule has 1 aromatic heterocycles. The molecule has 0 radical (unpaired) electrons. The van der Waals surface area contributed by atoms with E-state index in [0.29, 0.717) is 6.61 Å². The second kappa shape index (κ2) is 10.6. The highest BCUT2D eigenvalue weighted by molar-refractivity contribution is 6.16. The van der Waals surface area contributed by atoms with Crippen LogP contribution in [0.15, 0.2) is 64.9 Å². The summed E-state index contributed by atoms with van der Waals surface area (Å²) < 4.78 is 6.16. The van der Waals surface area contributed by atoms with Crippen molar-refractivity contribution in [3.63, 3.8) is 0 Å². The van der Waals surface area contributed by atoms with E-state index in [1.165, 1.54) is 69.7 Å². The van der Waals surface area contributed by atoms with Crippen LogP contribution >= 0.6 is 0 Å². The van der Waals surface area contributed by atoms with Crippen LogP contribution in [0, 0.1) is 13.8 Å². The van der Waals surface area contributed by atoms with Crippen molar-refractivity contribution in [1.29, 1.82) is 0 Å². The largest absolute Gasteiger partial charge is 0.487 e. The van der Waals surface area contributed by atoms with Crippen LogP contribution in [0.4, 0.5) is 11.4 Å². The van der Waals surface area contributed by atoms with Crippen LogP contribution in [0.3, 0.4) is 0 Å². The summed E-state index contributed by atoms with van der Waals surface area (Å²) >= 11 is 0. The minimum absolute atomic E-state index is 0.457. The Kier molecular flexibility index (Phi) is 6.92. The van der Waals surface area contributed by atoms with E-state index in [4.69, 9.17) is 9.73 Å². The molecule has 0 bridgehead atoms. The van der Waals surface area contributed by atoms with Gasteiger partial charge in [-0.2, -0.15) is 0 Å². The van der Waals surface area contributed by atoms with Crippen molar-refractivity contribution in [2.45, 2.75) is 65.9 Å². The van der Waals surface area contributed by atoms with E-state index in [9.17, 15) is 0 Å². The zero-order valence-electron chi connectivity index (χ0n) is 22.9. The van der Waals surface area contributed by atoms with Crippen molar-refractivity contribution in [1.82, 2.24) is 4.98 Å². The molecule has 6 rings (SSSR count). The number of allylic oxidation sites excluding steroid dienone is 2. The molecule has 0 atom stereocenters. The van der Waals surface area contributed by atoms with Gasteiger partial charge in [-0.15, -0.1) is 0 Å². The van der Waals surface area contributed by atoms with Gasteiger partial charge in [-0.25, -0.2) is 0 Å². The average molecular weight is 507 g/mol. The van der Waals surface area contributed by atoms with Gasteiger partial charge in [0.05, 0.1) is 17.1 Å². The Morgan fingerprint density at radius 1 is 1.00 bits per heavy atom. The van der Waals surface area contributed by atoms with Crippen molar-refractivity contribution in [3.8, 4) is 5.75 Å². The molecule has 3 aromatic rings. The third-order valence-corrected chi connectivity index (χ3v) is 8.47. The third kappa shape index (κ3) is 4.70. The molecule has 1 fully saturated rings. The summed E-state index contributed by atoms with van der Waals surface area (Å²) in [7, 11) is 0. The summed E-state index contributed by atoms with van der Waals surface area (Å²) in [6.07, 6.45) is 8.66. The molecule has 3 aliphatic rings. The zero-order chi connectivity index (χ0) is 26.1. The Bertz CT molecular complexity index is 1400. The van der Waals surface area contributed by atoms with Gasteiger partial charge in [-0.1, -0.05) is 19.1 Å². The molecule has 4 heterocycles. The summed E-state index contributed by atoms with van der Waals surface area (Å²) in [5.41, 5.74) is 14.1. The normalized spacial score (nSPS) is 16.9. The van der Waals surface area contributed by atoms with Crippen LogP contribution in [0.1, 0.15) is 66.1 Å². The maximum Gasteiger partial charge on any atom is 0.130 e. The molecule has 5 nitrogen and oxygen atoms in total. The van der Waals surface area contributed by atoms with E-state index in [1.807, 2.05) is 24.4 Å². The van der Waals surface area contributed by atoms with Crippen LogP contribution in [0.5, 0.6) is 5.75 Å². The Morgan fingerprint density at radius 3 is 2.66 bits per heavy atom. The number of nitrogens with zero attached hydrogens (tertiary/aromatic N) is 3. The standard InChI is InChI=1S/C33H38N4O/c1-4-24-18-28-22(2)23(3)31(37-16-8-5-9-17-37)20-30(28)36-32(24)33-29-19-27(12-11-25(29)13-15-35-33)38-21-26-10-6-7-14-34-26/h6-7,10-12,14,19-20,36H,4-5,8-9,13,15-18,21H2,1-3H3. The first-order valence-electron chi connectivity index (χ1n) is 14.2. The van der Waals surface area contributed by atoms with E-state index in [2.05, 4.69) is 60.2 Å². The Hall–Kier alpha value is -3.60. The molecule has 3 aliphatic heterocycles. The molecule has 1 saturated heterocycles. The fourth-order valence-electron chi connectivity index (χ4n) is 6.12. The smallest absolute Gasteiger partial charge is 0.130 e. The molecule has 0 aliphatic carbocycles. The van der Waals surface area contributed by atoms with Crippen molar-refractivity contribution < 1.29 is 4.74 Å². The maximum absolute atomic E-state index is 6.16. The fraction of sp³-hybridized carbons (Fsp3) is 0.394. The average Bonchev–Trinajstić information content (AvgIpc) is 2.98. The zero-order valence-corrected chi connectivity index (χ0v) is 22.9. The summed E-state index contributed by atoms with van der Waals surface area (Å²) in [5, 5.41) is 3.90. The molecular formula is C33H38N4O. The molecule has 0 saturated carbocycles. The molecule has 38 heavy (non-hydrogen) atoms. The minimum atomic E-state index is 0.457.